The highest BCUT2D eigenvalue weighted by Gasteiger charge is 2.16. The molecule has 0 saturated carbocycles. The van der Waals surface area contributed by atoms with Gasteiger partial charge in [-0.2, -0.15) is 0 Å². The lowest BCUT2D eigenvalue weighted by molar-refractivity contribution is -0.113. The van der Waals surface area contributed by atoms with E-state index in [1.165, 1.54) is 11.8 Å². The van der Waals surface area contributed by atoms with Gasteiger partial charge in [0.25, 0.3) is 0 Å². The van der Waals surface area contributed by atoms with Crippen molar-refractivity contribution in [3.63, 3.8) is 0 Å². The van der Waals surface area contributed by atoms with Gasteiger partial charge in [-0.15, -0.1) is 10.2 Å². The Morgan fingerprint density at radius 1 is 1.03 bits per heavy atom. The largest absolute Gasteiger partial charge is 0.497 e. The Balaban J connectivity index is 1.75. The van der Waals surface area contributed by atoms with Crippen LogP contribution in [0.4, 0.5) is 5.69 Å². The number of amides is 1. The summed E-state index contributed by atoms with van der Waals surface area (Å²) in [4.78, 5) is 12.3. The van der Waals surface area contributed by atoms with Gasteiger partial charge in [0.05, 0.1) is 20.0 Å². The van der Waals surface area contributed by atoms with Gasteiger partial charge in [-0.1, -0.05) is 35.0 Å². The number of methoxy groups -OCH3 is 2. The van der Waals surface area contributed by atoms with Gasteiger partial charge >= 0.3 is 0 Å². The molecule has 1 N–H and O–H groups in total. The van der Waals surface area contributed by atoms with Crippen LogP contribution in [-0.4, -0.2) is 40.6 Å². The summed E-state index contributed by atoms with van der Waals surface area (Å²) in [7, 11) is 3.19. The average molecular weight is 467 g/mol. The lowest BCUT2D eigenvalue weighted by Crippen LogP contribution is -2.14. The van der Waals surface area contributed by atoms with Gasteiger partial charge in [0, 0.05) is 33.9 Å². The monoisotopic (exact) mass is 466 g/mol. The minimum atomic E-state index is -0.200. The van der Waals surface area contributed by atoms with Crippen molar-refractivity contribution in [2.45, 2.75) is 18.6 Å². The summed E-state index contributed by atoms with van der Waals surface area (Å²) in [6.07, 6.45) is 0. The molecule has 158 valence electrons. The fourth-order valence-electron chi connectivity index (χ4n) is 2.78. The zero-order valence-electron chi connectivity index (χ0n) is 16.6. The third-order valence-electron chi connectivity index (χ3n) is 4.12. The first-order valence-corrected chi connectivity index (χ1v) is 10.7. The van der Waals surface area contributed by atoms with E-state index in [-0.39, 0.29) is 11.7 Å². The Morgan fingerprint density at radius 3 is 2.23 bits per heavy atom. The van der Waals surface area contributed by atoms with Crippen LogP contribution < -0.4 is 14.8 Å². The predicted octanol–water partition coefficient (Wildman–Crippen LogP) is 5.02. The fraction of sp³-hybridized carbons (Fsp3) is 0.250. The number of hydrogen-bond acceptors (Lipinski definition) is 6. The Hall–Kier alpha value is -2.42. The SMILES string of the molecule is CCn1c(SCC(=O)Nc2cc(Cl)cc(Cl)c2)nnc1-c1cc(OC)cc(OC)c1. The number of ether oxygens (including phenoxy) is 2. The molecule has 30 heavy (non-hydrogen) atoms. The van der Waals surface area contributed by atoms with Gasteiger partial charge in [0.15, 0.2) is 11.0 Å². The average Bonchev–Trinajstić information content (AvgIpc) is 3.14. The van der Waals surface area contributed by atoms with E-state index in [4.69, 9.17) is 32.7 Å². The molecule has 0 unspecified atom stereocenters. The zero-order chi connectivity index (χ0) is 21.7. The highest BCUT2D eigenvalue weighted by atomic mass is 35.5. The minimum absolute atomic E-state index is 0.156. The number of nitrogens with zero attached hydrogens (tertiary/aromatic N) is 3. The molecule has 0 saturated heterocycles. The van der Waals surface area contributed by atoms with Crippen molar-refractivity contribution < 1.29 is 14.3 Å². The number of carbonyl (C=O) groups is 1. The maximum Gasteiger partial charge on any atom is 0.234 e. The molecule has 7 nitrogen and oxygen atoms in total. The van der Waals surface area contributed by atoms with Crippen molar-refractivity contribution >= 4 is 46.6 Å². The van der Waals surface area contributed by atoms with Gasteiger partial charge in [-0.3, -0.25) is 4.79 Å². The van der Waals surface area contributed by atoms with Crippen LogP contribution in [0.5, 0.6) is 11.5 Å². The summed E-state index contributed by atoms with van der Waals surface area (Å²) in [5, 5.41) is 12.9. The molecule has 0 atom stereocenters. The van der Waals surface area contributed by atoms with E-state index in [2.05, 4.69) is 15.5 Å². The van der Waals surface area contributed by atoms with Crippen molar-refractivity contribution in [3.05, 3.63) is 46.4 Å². The van der Waals surface area contributed by atoms with Crippen LogP contribution in [0.15, 0.2) is 41.6 Å². The number of anilines is 1. The molecular weight excluding hydrogens is 447 g/mol. The molecule has 1 amide bonds. The number of nitrogens with one attached hydrogen (secondary N) is 1. The van der Waals surface area contributed by atoms with Crippen LogP contribution in [0.25, 0.3) is 11.4 Å². The summed E-state index contributed by atoms with van der Waals surface area (Å²) >= 11 is 13.2. The highest BCUT2D eigenvalue weighted by molar-refractivity contribution is 7.99. The van der Waals surface area contributed by atoms with Crippen LogP contribution in [0, 0.1) is 0 Å². The molecule has 0 aliphatic rings. The van der Waals surface area contributed by atoms with E-state index in [0.29, 0.717) is 44.8 Å². The van der Waals surface area contributed by atoms with E-state index in [1.807, 2.05) is 23.6 Å². The molecule has 0 bridgehead atoms. The molecule has 1 heterocycles. The molecule has 0 aliphatic heterocycles. The number of benzene rings is 2. The van der Waals surface area contributed by atoms with Gasteiger partial charge in [-0.05, 0) is 37.3 Å². The molecule has 3 aromatic rings. The second-order valence-electron chi connectivity index (χ2n) is 6.15. The second-order valence-corrected chi connectivity index (χ2v) is 7.96. The van der Waals surface area contributed by atoms with Crippen molar-refractivity contribution in [2.75, 3.05) is 25.3 Å². The molecule has 0 aliphatic carbocycles. The standard InChI is InChI=1S/C20H20Cl2N4O3S/c1-4-26-19(12-5-16(28-2)10-17(6-12)29-3)24-25-20(26)30-11-18(27)23-15-8-13(21)7-14(22)9-15/h5-10H,4,11H2,1-3H3,(H,23,27). The maximum absolute atomic E-state index is 12.3. The molecule has 0 radical (unpaired) electrons. The first-order valence-electron chi connectivity index (χ1n) is 8.99. The highest BCUT2D eigenvalue weighted by Crippen LogP contribution is 2.31. The van der Waals surface area contributed by atoms with E-state index in [0.717, 1.165) is 5.56 Å². The van der Waals surface area contributed by atoms with Gasteiger partial charge in [0.2, 0.25) is 5.91 Å². The summed E-state index contributed by atoms with van der Waals surface area (Å²) in [5.41, 5.74) is 1.35. The molecule has 0 spiro atoms. The smallest absolute Gasteiger partial charge is 0.234 e. The Morgan fingerprint density at radius 2 is 1.67 bits per heavy atom. The normalized spacial score (nSPS) is 10.7. The Bertz CT molecular complexity index is 1020. The lowest BCUT2D eigenvalue weighted by atomic mass is 10.2. The van der Waals surface area contributed by atoms with E-state index in [1.54, 1.807) is 38.5 Å². The van der Waals surface area contributed by atoms with Gasteiger partial charge in [-0.25, -0.2) is 0 Å². The summed E-state index contributed by atoms with van der Waals surface area (Å²) in [5.74, 6) is 1.93. The molecular formula is C20H20Cl2N4O3S. The van der Waals surface area contributed by atoms with Crippen molar-refractivity contribution in [1.29, 1.82) is 0 Å². The molecule has 3 rings (SSSR count). The van der Waals surface area contributed by atoms with Crippen molar-refractivity contribution in [1.82, 2.24) is 14.8 Å². The van der Waals surface area contributed by atoms with Crippen LogP contribution in [0.1, 0.15) is 6.92 Å². The quantitative estimate of drug-likeness (QED) is 0.469. The number of rotatable bonds is 8. The molecule has 2 aromatic carbocycles. The predicted molar refractivity (Wildman–Crippen MR) is 120 cm³/mol. The number of hydrogen-bond donors (Lipinski definition) is 1. The number of halogens is 2. The lowest BCUT2D eigenvalue weighted by Gasteiger charge is -2.10. The van der Waals surface area contributed by atoms with Crippen LogP contribution in [0.2, 0.25) is 10.0 Å². The van der Waals surface area contributed by atoms with Gasteiger partial charge < -0.3 is 19.4 Å². The van der Waals surface area contributed by atoms with Crippen molar-refractivity contribution in [3.8, 4) is 22.9 Å². The molecule has 10 heteroatoms. The van der Waals surface area contributed by atoms with Crippen molar-refractivity contribution in [2.24, 2.45) is 0 Å². The molecule has 1 aromatic heterocycles. The zero-order valence-corrected chi connectivity index (χ0v) is 18.9. The maximum atomic E-state index is 12.3. The topological polar surface area (TPSA) is 78.3 Å². The van der Waals surface area contributed by atoms with Crippen LogP contribution >= 0.6 is 35.0 Å². The van der Waals surface area contributed by atoms with E-state index >= 15 is 0 Å². The number of carbonyl (C=O) groups excluding carboxylic acids is 1. The minimum Gasteiger partial charge on any atom is -0.497 e. The Kier molecular flexibility index (Phi) is 7.47. The number of aromatic nitrogens is 3. The van der Waals surface area contributed by atoms with E-state index < -0.39 is 0 Å². The first-order chi connectivity index (χ1) is 14.4. The summed E-state index contributed by atoms with van der Waals surface area (Å²) in [6.45, 7) is 2.62. The first kappa shape index (κ1) is 22.3. The summed E-state index contributed by atoms with van der Waals surface area (Å²) < 4.78 is 12.6. The number of thioether (sulfide) groups is 1. The van der Waals surface area contributed by atoms with Crippen LogP contribution in [-0.2, 0) is 11.3 Å². The molecule has 0 fully saturated rings. The van der Waals surface area contributed by atoms with Gasteiger partial charge in [0.1, 0.15) is 11.5 Å². The third kappa shape index (κ3) is 5.38. The third-order valence-corrected chi connectivity index (χ3v) is 5.52. The van der Waals surface area contributed by atoms with E-state index in [9.17, 15) is 4.79 Å². The Labute approximate surface area is 188 Å². The fourth-order valence-corrected chi connectivity index (χ4v) is 4.11. The summed E-state index contributed by atoms with van der Waals surface area (Å²) in [6, 6.07) is 10.4. The van der Waals surface area contributed by atoms with Crippen LogP contribution in [0.3, 0.4) is 0 Å². The second kappa shape index (κ2) is 10.1.